The first-order valence-electron chi connectivity index (χ1n) is 11.2. The second-order valence-electron chi connectivity index (χ2n) is 7.96. The molecule has 33 heavy (non-hydrogen) atoms. The van der Waals surface area contributed by atoms with Gasteiger partial charge in [0.1, 0.15) is 0 Å². The molecule has 0 aromatic heterocycles. The van der Waals surface area contributed by atoms with Crippen molar-refractivity contribution in [1.29, 1.82) is 5.26 Å². The van der Waals surface area contributed by atoms with E-state index in [0.29, 0.717) is 25.2 Å². The van der Waals surface area contributed by atoms with Gasteiger partial charge in [-0.3, -0.25) is 4.90 Å². The van der Waals surface area contributed by atoms with Crippen LogP contribution >= 0.6 is 0 Å². The van der Waals surface area contributed by atoms with E-state index in [-0.39, 0.29) is 24.0 Å². The van der Waals surface area contributed by atoms with Crippen molar-refractivity contribution in [3.05, 3.63) is 65.2 Å². The molecule has 1 aliphatic heterocycles. The standard InChI is InChI=1S/C24H31N5O3S/c1-3-27(4-2)19-22-7-5-21(6-8-22)18-26-24(30)28-13-15-29(16-14-28)33(31,32)23-11-9-20(17-25)10-12-23/h5-12H,3-4,13-16,18-19H2,1-2H3,(H,26,30). The normalized spacial score (nSPS) is 14.8. The topological polar surface area (TPSA) is 96.8 Å². The van der Waals surface area contributed by atoms with E-state index >= 15 is 0 Å². The van der Waals surface area contributed by atoms with Crippen LogP contribution in [-0.2, 0) is 23.1 Å². The van der Waals surface area contributed by atoms with E-state index in [1.54, 1.807) is 4.90 Å². The highest BCUT2D eigenvalue weighted by molar-refractivity contribution is 7.89. The monoisotopic (exact) mass is 469 g/mol. The first-order chi connectivity index (χ1) is 15.9. The Hall–Kier alpha value is -2.93. The molecule has 0 atom stereocenters. The Morgan fingerprint density at radius 1 is 0.970 bits per heavy atom. The molecule has 2 amide bonds. The molecule has 0 unspecified atom stereocenters. The van der Waals surface area contributed by atoms with E-state index in [0.717, 1.165) is 25.2 Å². The lowest BCUT2D eigenvalue weighted by Gasteiger charge is -2.34. The van der Waals surface area contributed by atoms with Gasteiger partial charge in [0, 0.05) is 39.3 Å². The largest absolute Gasteiger partial charge is 0.334 e. The Bertz CT molecular complexity index is 1070. The number of carbonyl (C=O) groups is 1. The summed E-state index contributed by atoms with van der Waals surface area (Å²) in [5, 5.41) is 11.8. The highest BCUT2D eigenvalue weighted by Gasteiger charge is 2.30. The highest BCUT2D eigenvalue weighted by Crippen LogP contribution is 2.18. The Kier molecular flexibility index (Phi) is 8.44. The van der Waals surface area contributed by atoms with Crippen molar-refractivity contribution in [2.45, 2.75) is 31.8 Å². The quantitative estimate of drug-likeness (QED) is 0.641. The van der Waals surface area contributed by atoms with Gasteiger partial charge in [0.2, 0.25) is 10.0 Å². The van der Waals surface area contributed by atoms with Crippen LogP contribution in [0.3, 0.4) is 0 Å². The number of sulfonamides is 1. The lowest BCUT2D eigenvalue weighted by Crippen LogP contribution is -2.52. The summed E-state index contributed by atoms with van der Waals surface area (Å²) in [4.78, 5) is 16.7. The van der Waals surface area contributed by atoms with Crippen molar-refractivity contribution in [2.24, 2.45) is 0 Å². The number of nitriles is 1. The Balaban J connectivity index is 1.48. The van der Waals surface area contributed by atoms with E-state index in [9.17, 15) is 13.2 Å². The van der Waals surface area contributed by atoms with Gasteiger partial charge < -0.3 is 10.2 Å². The molecule has 8 nitrogen and oxygen atoms in total. The zero-order valence-electron chi connectivity index (χ0n) is 19.2. The van der Waals surface area contributed by atoms with Gasteiger partial charge in [0.05, 0.1) is 16.5 Å². The Labute approximate surface area is 196 Å². The molecule has 3 rings (SSSR count). The number of rotatable bonds is 8. The molecule has 2 aromatic rings. The minimum absolute atomic E-state index is 0.156. The van der Waals surface area contributed by atoms with Crippen LogP contribution in [0.1, 0.15) is 30.5 Å². The molecule has 1 saturated heterocycles. The Morgan fingerprint density at radius 3 is 2.09 bits per heavy atom. The SMILES string of the molecule is CCN(CC)Cc1ccc(CNC(=O)N2CCN(S(=O)(=O)c3ccc(C#N)cc3)CC2)cc1. The summed E-state index contributed by atoms with van der Waals surface area (Å²) in [6.45, 7) is 8.77. The molecule has 0 aliphatic carbocycles. The molecule has 1 N–H and O–H groups in total. The maximum Gasteiger partial charge on any atom is 0.317 e. The van der Waals surface area contributed by atoms with Gasteiger partial charge >= 0.3 is 6.03 Å². The van der Waals surface area contributed by atoms with Gasteiger partial charge in [-0.1, -0.05) is 38.1 Å². The summed E-state index contributed by atoms with van der Waals surface area (Å²) in [7, 11) is -3.65. The number of hydrogen-bond donors (Lipinski definition) is 1. The zero-order chi connectivity index (χ0) is 23.8. The summed E-state index contributed by atoms with van der Waals surface area (Å²) >= 11 is 0. The van der Waals surface area contributed by atoms with Crippen molar-refractivity contribution in [2.75, 3.05) is 39.3 Å². The first-order valence-corrected chi connectivity index (χ1v) is 12.6. The van der Waals surface area contributed by atoms with E-state index in [4.69, 9.17) is 5.26 Å². The molecule has 176 valence electrons. The summed E-state index contributed by atoms with van der Waals surface area (Å²) in [5.74, 6) is 0. The van der Waals surface area contributed by atoms with Crippen LogP contribution in [-0.4, -0.2) is 67.8 Å². The zero-order valence-corrected chi connectivity index (χ0v) is 20.0. The van der Waals surface area contributed by atoms with Gasteiger partial charge in [-0.15, -0.1) is 0 Å². The molecule has 1 aliphatic rings. The predicted octanol–water partition coefficient (Wildman–Crippen LogP) is 2.62. The lowest BCUT2D eigenvalue weighted by molar-refractivity contribution is 0.172. The molecular weight excluding hydrogens is 438 g/mol. The molecule has 9 heteroatoms. The summed E-state index contributed by atoms with van der Waals surface area (Å²) in [6.07, 6.45) is 0. The number of nitrogens with one attached hydrogen (secondary N) is 1. The molecule has 0 radical (unpaired) electrons. The number of piperazine rings is 1. The van der Waals surface area contributed by atoms with E-state index < -0.39 is 10.0 Å². The van der Waals surface area contributed by atoms with Crippen molar-refractivity contribution in [1.82, 2.24) is 19.4 Å². The summed E-state index contributed by atoms with van der Waals surface area (Å²) in [5.41, 5.74) is 2.68. The number of nitrogens with zero attached hydrogens (tertiary/aromatic N) is 4. The molecule has 0 spiro atoms. The molecule has 2 aromatic carbocycles. The van der Waals surface area contributed by atoms with Crippen LogP contribution in [0.15, 0.2) is 53.4 Å². The minimum Gasteiger partial charge on any atom is -0.334 e. The lowest BCUT2D eigenvalue weighted by atomic mass is 10.1. The fourth-order valence-corrected chi connectivity index (χ4v) is 5.16. The third-order valence-corrected chi connectivity index (χ3v) is 7.83. The van der Waals surface area contributed by atoms with Gasteiger partial charge in [-0.25, -0.2) is 13.2 Å². The van der Waals surface area contributed by atoms with Gasteiger partial charge in [-0.2, -0.15) is 9.57 Å². The van der Waals surface area contributed by atoms with E-state index in [1.807, 2.05) is 18.2 Å². The number of benzene rings is 2. The molecular formula is C24H31N5O3S. The van der Waals surface area contributed by atoms with Crippen LogP contribution < -0.4 is 5.32 Å². The third-order valence-electron chi connectivity index (χ3n) is 5.91. The average molecular weight is 470 g/mol. The first kappa shape index (κ1) is 24.7. The molecule has 0 bridgehead atoms. The second kappa shape index (κ2) is 11.3. The number of amides is 2. The summed E-state index contributed by atoms with van der Waals surface area (Å²) < 4.78 is 27.0. The molecule has 1 heterocycles. The van der Waals surface area contributed by atoms with Crippen LogP contribution in [0.2, 0.25) is 0 Å². The van der Waals surface area contributed by atoms with Crippen molar-refractivity contribution in [3.63, 3.8) is 0 Å². The predicted molar refractivity (Wildman–Crippen MR) is 127 cm³/mol. The van der Waals surface area contributed by atoms with Crippen LogP contribution in [0.4, 0.5) is 4.79 Å². The fourth-order valence-electron chi connectivity index (χ4n) is 3.74. The molecule has 0 saturated carbocycles. The van der Waals surface area contributed by atoms with E-state index in [1.165, 1.54) is 34.1 Å². The fraction of sp³-hybridized carbons (Fsp3) is 0.417. The minimum atomic E-state index is -3.65. The smallest absolute Gasteiger partial charge is 0.317 e. The average Bonchev–Trinajstić information content (AvgIpc) is 2.86. The Morgan fingerprint density at radius 2 is 1.55 bits per heavy atom. The van der Waals surface area contributed by atoms with E-state index in [2.05, 4.69) is 36.2 Å². The van der Waals surface area contributed by atoms with Gasteiger partial charge in [-0.05, 0) is 48.5 Å². The highest BCUT2D eigenvalue weighted by atomic mass is 32.2. The number of carbonyl (C=O) groups excluding carboxylic acids is 1. The second-order valence-corrected chi connectivity index (χ2v) is 9.90. The van der Waals surface area contributed by atoms with Crippen LogP contribution in [0, 0.1) is 11.3 Å². The molecule has 1 fully saturated rings. The number of urea groups is 1. The van der Waals surface area contributed by atoms with Crippen molar-refractivity contribution in [3.8, 4) is 6.07 Å². The maximum absolute atomic E-state index is 12.8. The van der Waals surface area contributed by atoms with Crippen LogP contribution in [0.5, 0.6) is 0 Å². The maximum atomic E-state index is 12.8. The van der Waals surface area contributed by atoms with Gasteiger partial charge in [0.25, 0.3) is 0 Å². The van der Waals surface area contributed by atoms with Crippen LogP contribution in [0.25, 0.3) is 0 Å². The summed E-state index contributed by atoms with van der Waals surface area (Å²) in [6, 6.07) is 15.9. The van der Waals surface area contributed by atoms with Gasteiger partial charge in [0.15, 0.2) is 0 Å². The third kappa shape index (κ3) is 6.32. The number of hydrogen-bond acceptors (Lipinski definition) is 5. The van der Waals surface area contributed by atoms with Crippen molar-refractivity contribution >= 4 is 16.1 Å². The van der Waals surface area contributed by atoms with Crippen molar-refractivity contribution < 1.29 is 13.2 Å².